The van der Waals surface area contributed by atoms with Crippen LogP contribution < -0.4 is 5.32 Å². The second kappa shape index (κ2) is 6.75. The van der Waals surface area contributed by atoms with Crippen LogP contribution in [0, 0.1) is 0 Å². The van der Waals surface area contributed by atoms with E-state index in [2.05, 4.69) is 25.7 Å². The van der Waals surface area contributed by atoms with Crippen LogP contribution in [0.5, 0.6) is 0 Å². The number of aromatic nitrogens is 5. The van der Waals surface area contributed by atoms with Crippen molar-refractivity contribution in [2.24, 2.45) is 0 Å². The number of rotatable bonds is 5. The van der Waals surface area contributed by atoms with Gasteiger partial charge in [0.15, 0.2) is 11.5 Å². The lowest BCUT2D eigenvalue weighted by atomic mass is 10.2. The Labute approximate surface area is 148 Å². The third-order valence-corrected chi connectivity index (χ3v) is 3.88. The number of aryl methyl sites for hydroxylation is 1. The van der Waals surface area contributed by atoms with E-state index in [-0.39, 0.29) is 12.3 Å². The van der Waals surface area contributed by atoms with Crippen LogP contribution in [0.15, 0.2) is 53.2 Å². The topological polar surface area (TPSA) is 98.2 Å². The van der Waals surface area contributed by atoms with Crippen molar-refractivity contribution >= 4 is 17.2 Å². The number of nitrogens with one attached hydrogen (secondary N) is 1. The molecule has 8 heteroatoms. The first-order chi connectivity index (χ1) is 12.7. The molecule has 0 bridgehead atoms. The largest absolute Gasteiger partial charge is 0.334 e. The first-order valence-corrected chi connectivity index (χ1v) is 8.24. The van der Waals surface area contributed by atoms with Crippen molar-refractivity contribution < 1.29 is 9.32 Å². The summed E-state index contributed by atoms with van der Waals surface area (Å²) in [5.41, 5.74) is 2.13. The molecule has 0 aliphatic heterocycles. The third kappa shape index (κ3) is 3.16. The molecular weight excluding hydrogens is 332 g/mol. The number of hydrogen-bond donors (Lipinski definition) is 1. The highest BCUT2D eigenvalue weighted by atomic mass is 16.5. The number of hydrogen-bond acceptors (Lipinski definition) is 6. The minimum absolute atomic E-state index is 0.101. The molecule has 1 aromatic carbocycles. The second-order valence-electron chi connectivity index (χ2n) is 5.72. The van der Waals surface area contributed by atoms with Crippen LogP contribution in [-0.4, -0.2) is 30.6 Å². The Bertz CT molecular complexity index is 1050. The zero-order chi connectivity index (χ0) is 17.9. The summed E-state index contributed by atoms with van der Waals surface area (Å²) in [7, 11) is 0. The molecule has 0 atom stereocenters. The molecule has 0 aliphatic rings. The van der Waals surface area contributed by atoms with Gasteiger partial charge in [-0.3, -0.25) is 9.20 Å². The quantitative estimate of drug-likeness (QED) is 0.595. The monoisotopic (exact) mass is 348 g/mol. The average Bonchev–Trinajstić information content (AvgIpc) is 3.29. The fourth-order valence-corrected chi connectivity index (χ4v) is 2.57. The maximum atomic E-state index is 12.3. The molecule has 4 aromatic rings. The number of anilines is 1. The maximum Gasteiger partial charge on any atom is 0.259 e. The molecule has 0 saturated carbocycles. The molecule has 4 rings (SSSR count). The highest BCUT2D eigenvalue weighted by Crippen LogP contribution is 2.19. The number of amides is 1. The highest BCUT2D eigenvalue weighted by molar-refractivity contribution is 5.91. The van der Waals surface area contributed by atoms with E-state index in [0.29, 0.717) is 29.6 Å². The van der Waals surface area contributed by atoms with Crippen LogP contribution in [0.25, 0.3) is 17.1 Å². The summed E-state index contributed by atoms with van der Waals surface area (Å²) in [6.45, 7) is 1.96. The molecular formula is C18H16N6O2. The predicted octanol–water partition coefficient (Wildman–Crippen LogP) is 2.52. The van der Waals surface area contributed by atoms with E-state index in [1.165, 1.54) is 0 Å². The number of carbonyl (C=O) groups excluding carboxylic acids is 1. The van der Waals surface area contributed by atoms with Gasteiger partial charge in [-0.2, -0.15) is 4.98 Å². The number of pyridine rings is 1. The summed E-state index contributed by atoms with van der Waals surface area (Å²) in [4.78, 5) is 16.6. The minimum atomic E-state index is -0.165. The van der Waals surface area contributed by atoms with Gasteiger partial charge in [0, 0.05) is 18.3 Å². The fraction of sp³-hybridized carbons (Fsp3) is 0.167. The molecule has 8 nitrogen and oxygen atoms in total. The molecule has 0 saturated heterocycles. The summed E-state index contributed by atoms with van der Waals surface area (Å²) >= 11 is 0. The fourth-order valence-electron chi connectivity index (χ4n) is 2.57. The molecule has 3 aromatic heterocycles. The molecule has 0 radical (unpaired) electrons. The minimum Gasteiger partial charge on any atom is -0.334 e. The van der Waals surface area contributed by atoms with E-state index in [9.17, 15) is 4.79 Å². The first-order valence-electron chi connectivity index (χ1n) is 8.24. The van der Waals surface area contributed by atoms with E-state index in [1.54, 1.807) is 16.7 Å². The Hall–Kier alpha value is -3.55. The van der Waals surface area contributed by atoms with Crippen molar-refractivity contribution in [3.8, 4) is 11.5 Å². The van der Waals surface area contributed by atoms with Crippen LogP contribution >= 0.6 is 0 Å². The Kier molecular flexibility index (Phi) is 4.14. The van der Waals surface area contributed by atoms with Gasteiger partial charge in [0.25, 0.3) is 5.89 Å². The van der Waals surface area contributed by atoms with Gasteiger partial charge in [-0.25, -0.2) is 0 Å². The first kappa shape index (κ1) is 15.9. The Balaban J connectivity index is 1.59. The summed E-state index contributed by atoms with van der Waals surface area (Å²) in [6, 6.07) is 12.9. The summed E-state index contributed by atoms with van der Waals surface area (Å²) in [5.74, 6) is 1.44. The molecule has 3 heterocycles. The van der Waals surface area contributed by atoms with Crippen LogP contribution in [0.1, 0.15) is 18.6 Å². The van der Waals surface area contributed by atoms with Crippen LogP contribution in [0.3, 0.4) is 0 Å². The summed E-state index contributed by atoms with van der Waals surface area (Å²) in [5, 5.41) is 15.0. The summed E-state index contributed by atoms with van der Waals surface area (Å²) in [6.07, 6.45) is 2.60. The second-order valence-corrected chi connectivity index (χ2v) is 5.72. The van der Waals surface area contributed by atoms with E-state index in [4.69, 9.17) is 4.52 Å². The van der Waals surface area contributed by atoms with Gasteiger partial charge in [-0.15, -0.1) is 10.2 Å². The van der Waals surface area contributed by atoms with Crippen molar-refractivity contribution in [2.45, 2.75) is 19.8 Å². The lowest BCUT2D eigenvalue weighted by molar-refractivity contribution is -0.115. The molecule has 0 unspecified atom stereocenters. The Morgan fingerprint density at radius 1 is 1.15 bits per heavy atom. The van der Waals surface area contributed by atoms with E-state index >= 15 is 0 Å². The van der Waals surface area contributed by atoms with Gasteiger partial charge in [0.05, 0.1) is 12.0 Å². The molecule has 1 amide bonds. The van der Waals surface area contributed by atoms with Gasteiger partial charge in [-0.05, 0) is 24.3 Å². The highest BCUT2D eigenvalue weighted by Gasteiger charge is 2.14. The number of benzene rings is 1. The van der Waals surface area contributed by atoms with E-state index < -0.39 is 0 Å². The van der Waals surface area contributed by atoms with Gasteiger partial charge < -0.3 is 9.84 Å². The lowest BCUT2D eigenvalue weighted by Crippen LogP contribution is -2.16. The lowest BCUT2D eigenvalue weighted by Gasteiger charge is -2.04. The van der Waals surface area contributed by atoms with Crippen molar-refractivity contribution in [3.05, 3.63) is 60.3 Å². The smallest absolute Gasteiger partial charge is 0.259 e. The third-order valence-electron chi connectivity index (χ3n) is 3.88. The number of fused-ring (bicyclic) bond motifs is 1. The maximum absolute atomic E-state index is 12.3. The van der Waals surface area contributed by atoms with Gasteiger partial charge in [0.1, 0.15) is 5.82 Å². The number of nitrogens with zero attached hydrogens (tertiary/aromatic N) is 5. The van der Waals surface area contributed by atoms with E-state index in [1.807, 2.05) is 43.3 Å². The number of para-hydroxylation sites is 1. The van der Waals surface area contributed by atoms with Crippen molar-refractivity contribution in [3.63, 3.8) is 0 Å². The number of carbonyl (C=O) groups is 1. The van der Waals surface area contributed by atoms with Crippen LogP contribution in [-0.2, 0) is 17.6 Å². The van der Waals surface area contributed by atoms with Crippen molar-refractivity contribution in [1.82, 2.24) is 24.7 Å². The van der Waals surface area contributed by atoms with Gasteiger partial charge in [-0.1, -0.05) is 30.3 Å². The molecule has 0 aliphatic carbocycles. The molecule has 0 spiro atoms. The van der Waals surface area contributed by atoms with Crippen molar-refractivity contribution in [2.75, 3.05) is 5.32 Å². The molecule has 26 heavy (non-hydrogen) atoms. The molecule has 130 valence electrons. The van der Waals surface area contributed by atoms with Gasteiger partial charge in [0.2, 0.25) is 5.91 Å². The van der Waals surface area contributed by atoms with Gasteiger partial charge >= 0.3 is 0 Å². The molecule has 1 N–H and O–H groups in total. The molecule has 0 fully saturated rings. The zero-order valence-corrected chi connectivity index (χ0v) is 14.1. The van der Waals surface area contributed by atoms with Crippen LogP contribution in [0.2, 0.25) is 0 Å². The van der Waals surface area contributed by atoms with E-state index in [0.717, 1.165) is 11.3 Å². The summed E-state index contributed by atoms with van der Waals surface area (Å²) < 4.78 is 7.03. The Morgan fingerprint density at radius 2 is 2.00 bits per heavy atom. The normalized spacial score (nSPS) is 11.0. The van der Waals surface area contributed by atoms with Crippen LogP contribution in [0.4, 0.5) is 5.69 Å². The van der Waals surface area contributed by atoms with Crippen molar-refractivity contribution in [1.29, 1.82) is 0 Å². The zero-order valence-electron chi connectivity index (χ0n) is 14.1. The predicted molar refractivity (Wildman–Crippen MR) is 94.4 cm³/mol. The SMILES string of the molecule is CCc1noc(-c2ccc3nnc(CC(=O)Nc4ccccc4)n3c2)n1. The average molecular weight is 348 g/mol. The Morgan fingerprint density at radius 3 is 2.77 bits per heavy atom. The standard InChI is InChI=1S/C18H16N6O2/c1-2-14-20-18(26-23-14)12-8-9-15-21-22-16(24(15)11-12)10-17(25)19-13-6-4-3-5-7-13/h3-9,11H,2,10H2,1H3,(H,19,25).